The first-order valence-electron chi connectivity index (χ1n) is 4.25. The smallest absolute Gasteiger partial charge is 0.0642 e. The zero-order valence-corrected chi connectivity index (χ0v) is 10.2. The minimum Gasteiger partial charge on any atom is -0.373 e. The number of benzene rings is 1. The van der Waals surface area contributed by atoms with E-state index in [1.54, 1.807) is 0 Å². The summed E-state index contributed by atoms with van der Waals surface area (Å²) < 4.78 is 0. The van der Waals surface area contributed by atoms with Gasteiger partial charge >= 0.3 is 0 Å². The SMILES string of the molecule is CCN(C)c1c(Cl)cccc1CBr. The van der Waals surface area contributed by atoms with Crippen molar-refractivity contribution in [1.29, 1.82) is 0 Å². The van der Waals surface area contributed by atoms with E-state index < -0.39 is 0 Å². The van der Waals surface area contributed by atoms with Gasteiger partial charge in [0.1, 0.15) is 0 Å². The largest absolute Gasteiger partial charge is 0.373 e. The average Bonchev–Trinajstić information content (AvgIpc) is 2.16. The normalized spacial score (nSPS) is 10.2. The molecule has 1 aromatic carbocycles. The van der Waals surface area contributed by atoms with E-state index >= 15 is 0 Å². The lowest BCUT2D eigenvalue weighted by Crippen LogP contribution is -2.17. The molecule has 0 fully saturated rings. The van der Waals surface area contributed by atoms with Crippen molar-refractivity contribution in [1.82, 2.24) is 0 Å². The number of para-hydroxylation sites is 1. The van der Waals surface area contributed by atoms with Crippen molar-refractivity contribution < 1.29 is 0 Å². The number of hydrogen-bond donors (Lipinski definition) is 0. The lowest BCUT2D eigenvalue weighted by molar-refractivity contribution is 0.960. The Kier molecular flexibility index (Phi) is 4.07. The molecule has 1 rings (SSSR count). The highest BCUT2D eigenvalue weighted by Gasteiger charge is 2.08. The molecule has 3 heteroatoms. The first kappa shape index (κ1) is 10.9. The summed E-state index contributed by atoms with van der Waals surface area (Å²) in [6.45, 7) is 3.07. The molecular weight excluding hydrogens is 249 g/mol. The van der Waals surface area contributed by atoms with Crippen molar-refractivity contribution in [3.05, 3.63) is 28.8 Å². The maximum absolute atomic E-state index is 6.12. The first-order valence-corrected chi connectivity index (χ1v) is 5.75. The number of alkyl halides is 1. The summed E-state index contributed by atoms with van der Waals surface area (Å²) in [5, 5.41) is 1.66. The van der Waals surface area contributed by atoms with Crippen LogP contribution in [0.15, 0.2) is 18.2 Å². The highest BCUT2D eigenvalue weighted by Crippen LogP contribution is 2.30. The Morgan fingerprint density at radius 2 is 2.15 bits per heavy atom. The number of anilines is 1. The van der Waals surface area contributed by atoms with Gasteiger partial charge < -0.3 is 4.90 Å². The molecule has 1 aromatic rings. The third-order valence-corrected chi connectivity index (χ3v) is 2.98. The van der Waals surface area contributed by atoms with Gasteiger partial charge in [-0.2, -0.15) is 0 Å². The van der Waals surface area contributed by atoms with Gasteiger partial charge in [-0.3, -0.25) is 0 Å². The fraction of sp³-hybridized carbons (Fsp3) is 0.400. The molecule has 0 unspecified atom stereocenters. The summed E-state index contributed by atoms with van der Waals surface area (Å²) in [5.74, 6) is 0. The molecule has 0 saturated heterocycles. The molecule has 0 N–H and O–H groups in total. The number of nitrogens with zero attached hydrogens (tertiary/aromatic N) is 1. The van der Waals surface area contributed by atoms with Gasteiger partial charge in [0.05, 0.1) is 10.7 Å². The highest BCUT2D eigenvalue weighted by atomic mass is 79.9. The molecule has 0 aromatic heterocycles. The predicted octanol–water partition coefficient (Wildman–Crippen LogP) is 3.69. The Balaban J connectivity index is 3.14. The molecule has 1 nitrogen and oxygen atoms in total. The molecule has 0 amide bonds. The number of rotatable bonds is 3. The third kappa shape index (κ3) is 2.38. The van der Waals surface area contributed by atoms with Crippen molar-refractivity contribution in [2.75, 3.05) is 18.5 Å². The summed E-state index contributed by atoms with van der Waals surface area (Å²) in [4.78, 5) is 2.15. The monoisotopic (exact) mass is 261 g/mol. The van der Waals surface area contributed by atoms with Crippen LogP contribution in [0.4, 0.5) is 5.69 Å². The van der Waals surface area contributed by atoms with Crippen molar-refractivity contribution in [2.45, 2.75) is 12.3 Å². The van der Waals surface area contributed by atoms with Crippen LogP contribution in [0.1, 0.15) is 12.5 Å². The Morgan fingerprint density at radius 3 is 2.69 bits per heavy atom. The van der Waals surface area contributed by atoms with E-state index in [9.17, 15) is 0 Å². The molecule has 0 saturated carbocycles. The lowest BCUT2D eigenvalue weighted by Gasteiger charge is -2.21. The zero-order valence-electron chi connectivity index (χ0n) is 7.85. The quantitative estimate of drug-likeness (QED) is 0.751. The second-order valence-corrected chi connectivity index (χ2v) is 3.86. The van der Waals surface area contributed by atoms with Crippen molar-refractivity contribution >= 4 is 33.2 Å². The summed E-state index contributed by atoms with van der Waals surface area (Å²) >= 11 is 9.57. The molecule has 0 aliphatic carbocycles. The van der Waals surface area contributed by atoms with Gasteiger partial charge in [0, 0.05) is 18.9 Å². The molecule has 0 bridgehead atoms. The van der Waals surface area contributed by atoms with Crippen molar-refractivity contribution in [3.63, 3.8) is 0 Å². The Labute approximate surface area is 92.8 Å². The van der Waals surface area contributed by atoms with E-state index in [0.29, 0.717) is 0 Å². The number of hydrogen-bond acceptors (Lipinski definition) is 1. The third-order valence-electron chi connectivity index (χ3n) is 2.07. The van der Waals surface area contributed by atoms with E-state index in [1.807, 2.05) is 19.2 Å². The topological polar surface area (TPSA) is 3.24 Å². The number of halogens is 2. The molecule has 72 valence electrons. The van der Waals surface area contributed by atoms with Crippen LogP contribution < -0.4 is 4.90 Å². The van der Waals surface area contributed by atoms with Gasteiger partial charge in [-0.05, 0) is 18.6 Å². The minimum atomic E-state index is 0.821. The van der Waals surface area contributed by atoms with E-state index in [0.717, 1.165) is 22.6 Å². The van der Waals surface area contributed by atoms with E-state index in [4.69, 9.17) is 11.6 Å². The summed E-state index contributed by atoms with van der Waals surface area (Å²) in [7, 11) is 2.05. The lowest BCUT2D eigenvalue weighted by atomic mass is 10.2. The van der Waals surface area contributed by atoms with Crippen LogP contribution in [0.5, 0.6) is 0 Å². The Bertz CT molecular complexity index is 288. The van der Waals surface area contributed by atoms with Crippen LogP contribution in [-0.4, -0.2) is 13.6 Å². The average molecular weight is 263 g/mol. The van der Waals surface area contributed by atoms with Gasteiger partial charge in [0.2, 0.25) is 0 Å². The second kappa shape index (κ2) is 4.87. The van der Waals surface area contributed by atoms with Gasteiger partial charge in [-0.15, -0.1) is 0 Å². The van der Waals surface area contributed by atoms with Crippen molar-refractivity contribution in [3.8, 4) is 0 Å². The van der Waals surface area contributed by atoms with E-state index in [1.165, 1.54) is 5.56 Å². The second-order valence-electron chi connectivity index (χ2n) is 2.90. The summed E-state index contributed by atoms with van der Waals surface area (Å²) in [6.07, 6.45) is 0. The van der Waals surface area contributed by atoms with Gasteiger partial charge in [-0.1, -0.05) is 39.7 Å². The fourth-order valence-corrected chi connectivity index (χ4v) is 2.04. The fourth-order valence-electron chi connectivity index (χ4n) is 1.25. The minimum absolute atomic E-state index is 0.821. The van der Waals surface area contributed by atoms with Crippen LogP contribution in [0.3, 0.4) is 0 Å². The van der Waals surface area contributed by atoms with E-state index in [2.05, 4.69) is 33.8 Å². The van der Waals surface area contributed by atoms with Gasteiger partial charge in [-0.25, -0.2) is 0 Å². The maximum atomic E-state index is 6.12. The molecular formula is C10H13BrClN. The van der Waals surface area contributed by atoms with Crippen LogP contribution in [-0.2, 0) is 5.33 Å². The molecule has 0 radical (unpaired) electrons. The van der Waals surface area contributed by atoms with Crippen LogP contribution in [0, 0.1) is 0 Å². The Hall–Kier alpha value is -0.210. The van der Waals surface area contributed by atoms with Crippen molar-refractivity contribution in [2.24, 2.45) is 0 Å². The standard InChI is InChI=1S/C10H13BrClN/c1-3-13(2)10-8(7-11)5-4-6-9(10)12/h4-6H,3,7H2,1-2H3. The summed E-state index contributed by atoms with van der Waals surface area (Å²) in [6, 6.07) is 5.99. The van der Waals surface area contributed by atoms with E-state index in [-0.39, 0.29) is 0 Å². The first-order chi connectivity index (χ1) is 6.20. The Morgan fingerprint density at radius 1 is 1.46 bits per heavy atom. The van der Waals surface area contributed by atoms with Crippen LogP contribution >= 0.6 is 27.5 Å². The maximum Gasteiger partial charge on any atom is 0.0642 e. The molecule has 13 heavy (non-hydrogen) atoms. The van der Waals surface area contributed by atoms with Crippen LogP contribution in [0.2, 0.25) is 5.02 Å². The molecule has 0 aliphatic rings. The van der Waals surface area contributed by atoms with Gasteiger partial charge in [0.15, 0.2) is 0 Å². The highest BCUT2D eigenvalue weighted by molar-refractivity contribution is 9.08. The summed E-state index contributed by atoms with van der Waals surface area (Å²) in [5.41, 5.74) is 2.36. The molecule has 0 spiro atoms. The van der Waals surface area contributed by atoms with Gasteiger partial charge in [0.25, 0.3) is 0 Å². The predicted molar refractivity (Wildman–Crippen MR) is 63.0 cm³/mol. The van der Waals surface area contributed by atoms with Crippen LogP contribution in [0.25, 0.3) is 0 Å². The zero-order chi connectivity index (χ0) is 9.84. The molecule has 0 heterocycles. The molecule has 0 aliphatic heterocycles. The molecule has 0 atom stereocenters.